The van der Waals surface area contributed by atoms with Gasteiger partial charge in [0, 0.05) is 16.4 Å². The Morgan fingerprint density at radius 1 is 1.07 bits per heavy atom. The van der Waals surface area contributed by atoms with E-state index in [1.165, 1.54) is 24.3 Å². The zero-order valence-corrected chi connectivity index (χ0v) is 15.6. The van der Waals surface area contributed by atoms with Crippen molar-refractivity contribution in [1.29, 1.82) is 0 Å². The maximum absolute atomic E-state index is 12.0. The third kappa shape index (κ3) is 6.00. The van der Waals surface area contributed by atoms with Crippen molar-refractivity contribution in [3.8, 4) is 0 Å². The molecule has 0 aliphatic heterocycles. The lowest BCUT2D eigenvalue weighted by molar-refractivity contribution is -0.119. The normalized spacial score (nSPS) is 10.4. The highest BCUT2D eigenvalue weighted by Gasteiger charge is 2.14. The molecule has 3 N–H and O–H groups in total. The number of hydrogen-bond donors (Lipinski definition) is 2. The van der Waals surface area contributed by atoms with Gasteiger partial charge in [-0.25, -0.2) is 9.59 Å². The number of nitrogen functional groups attached to an aromatic ring is 1. The second-order valence-electron chi connectivity index (χ2n) is 5.89. The molecule has 2 aromatic rings. The third-order valence-corrected chi connectivity index (χ3v) is 3.55. The standard InChI is InChI=1S/C19H19ClN2O5/c1-11(2)27-18(24)12-3-6-14(7-4-12)22-17(23)10-26-19(25)15-9-13(20)5-8-16(15)21/h3-9,11H,10,21H2,1-2H3,(H,22,23). The van der Waals surface area contributed by atoms with Crippen LogP contribution in [0.3, 0.4) is 0 Å². The van der Waals surface area contributed by atoms with Gasteiger partial charge in [0.1, 0.15) is 0 Å². The van der Waals surface area contributed by atoms with Crippen LogP contribution in [-0.4, -0.2) is 30.6 Å². The minimum Gasteiger partial charge on any atom is -0.459 e. The molecular formula is C19H19ClN2O5. The number of anilines is 2. The van der Waals surface area contributed by atoms with Crippen molar-refractivity contribution < 1.29 is 23.9 Å². The van der Waals surface area contributed by atoms with Crippen molar-refractivity contribution in [2.24, 2.45) is 0 Å². The van der Waals surface area contributed by atoms with Crippen LogP contribution in [0.15, 0.2) is 42.5 Å². The molecule has 0 atom stereocenters. The molecule has 0 unspecified atom stereocenters. The number of halogens is 1. The zero-order valence-electron chi connectivity index (χ0n) is 14.8. The van der Waals surface area contributed by atoms with Gasteiger partial charge in [0.2, 0.25) is 0 Å². The van der Waals surface area contributed by atoms with Gasteiger partial charge in [-0.1, -0.05) is 11.6 Å². The quantitative estimate of drug-likeness (QED) is 0.578. The van der Waals surface area contributed by atoms with E-state index < -0.39 is 24.5 Å². The molecule has 0 aliphatic rings. The number of amides is 1. The summed E-state index contributed by atoms with van der Waals surface area (Å²) in [4.78, 5) is 35.7. The van der Waals surface area contributed by atoms with Crippen LogP contribution in [0.2, 0.25) is 5.02 Å². The Labute approximate surface area is 161 Å². The minimum atomic E-state index is -0.753. The van der Waals surface area contributed by atoms with Crippen LogP contribution in [-0.2, 0) is 14.3 Å². The van der Waals surface area contributed by atoms with Crippen molar-refractivity contribution in [2.75, 3.05) is 17.7 Å². The molecular weight excluding hydrogens is 372 g/mol. The van der Waals surface area contributed by atoms with Gasteiger partial charge in [-0.15, -0.1) is 0 Å². The summed E-state index contributed by atoms with van der Waals surface area (Å²) in [6.07, 6.45) is -0.222. The largest absolute Gasteiger partial charge is 0.459 e. The lowest BCUT2D eigenvalue weighted by Crippen LogP contribution is -2.21. The summed E-state index contributed by atoms with van der Waals surface area (Å²) < 4.78 is 10.0. The number of ether oxygens (including phenoxy) is 2. The van der Waals surface area contributed by atoms with Crippen molar-refractivity contribution in [1.82, 2.24) is 0 Å². The van der Waals surface area contributed by atoms with Gasteiger partial charge >= 0.3 is 11.9 Å². The molecule has 27 heavy (non-hydrogen) atoms. The molecule has 0 heterocycles. The molecule has 1 amide bonds. The van der Waals surface area contributed by atoms with Crippen molar-refractivity contribution in [2.45, 2.75) is 20.0 Å². The predicted molar refractivity (Wildman–Crippen MR) is 102 cm³/mol. The molecule has 0 saturated carbocycles. The maximum atomic E-state index is 12.0. The number of carbonyl (C=O) groups excluding carboxylic acids is 3. The van der Waals surface area contributed by atoms with Crippen LogP contribution in [0.1, 0.15) is 34.6 Å². The van der Waals surface area contributed by atoms with Gasteiger partial charge in [0.05, 0.1) is 17.2 Å². The molecule has 0 aromatic heterocycles. The fraction of sp³-hybridized carbons (Fsp3) is 0.211. The SMILES string of the molecule is CC(C)OC(=O)c1ccc(NC(=O)COC(=O)c2cc(Cl)ccc2N)cc1. The van der Waals surface area contributed by atoms with Gasteiger partial charge in [-0.2, -0.15) is 0 Å². The first-order valence-electron chi connectivity index (χ1n) is 8.09. The van der Waals surface area contributed by atoms with Crippen molar-refractivity contribution >= 4 is 40.8 Å². The second kappa shape index (κ2) is 9.05. The average Bonchev–Trinajstić information content (AvgIpc) is 2.61. The first-order chi connectivity index (χ1) is 12.8. The zero-order chi connectivity index (χ0) is 20.0. The summed E-state index contributed by atoms with van der Waals surface area (Å²) in [5.41, 5.74) is 6.79. The van der Waals surface area contributed by atoms with Crippen molar-refractivity contribution in [3.63, 3.8) is 0 Å². The number of hydrogen-bond acceptors (Lipinski definition) is 6. The third-order valence-electron chi connectivity index (χ3n) is 3.32. The van der Waals surface area contributed by atoms with Crippen molar-refractivity contribution in [3.05, 3.63) is 58.6 Å². The molecule has 0 bridgehead atoms. The summed E-state index contributed by atoms with van der Waals surface area (Å²) in [6, 6.07) is 10.5. The smallest absolute Gasteiger partial charge is 0.340 e. The Morgan fingerprint density at radius 3 is 2.37 bits per heavy atom. The van der Waals surface area contributed by atoms with E-state index in [2.05, 4.69) is 5.32 Å². The molecule has 0 fully saturated rings. The summed E-state index contributed by atoms with van der Waals surface area (Å²) in [5.74, 6) is -1.74. The summed E-state index contributed by atoms with van der Waals surface area (Å²) in [7, 11) is 0. The predicted octanol–water partition coefficient (Wildman–Crippen LogP) is 3.28. The number of carbonyl (C=O) groups is 3. The maximum Gasteiger partial charge on any atom is 0.340 e. The number of esters is 2. The first-order valence-corrected chi connectivity index (χ1v) is 8.47. The Bertz CT molecular complexity index is 850. The van der Waals surface area contributed by atoms with Gasteiger partial charge in [-0.05, 0) is 56.3 Å². The number of nitrogens with two attached hydrogens (primary N) is 1. The van der Waals surface area contributed by atoms with E-state index in [1.807, 2.05) is 0 Å². The Hall–Kier alpha value is -3.06. The monoisotopic (exact) mass is 390 g/mol. The van der Waals surface area contributed by atoms with Gasteiger partial charge < -0.3 is 20.5 Å². The fourth-order valence-electron chi connectivity index (χ4n) is 2.08. The highest BCUT2D eigenvalue weighted by Crippen LogP contribution is 2.19. The lowest BCUT2D eigenvalue weighted by Gasteiger charge is -2.10. The Kier molecular flexibility index (Phi) is 6.79. The summed E-state index contributed by atoms with van der Waals surface area (Å²) in [6.45, 7) is 3.01. The summed E-state index contributed by atoms with van der Waals surface area (Å²) in [5, 5.41) is 2.89. The van der Waals surface area contributed by atoms with E-state index in [-0.39, 0.29) is 17.4 Å². The fourth-order valence-corrected chi connectivity index (χ4v) is 2.26. The molecule has 7 nitrogen and oxygen atoms in total. The van der Waals surface area contributed by atoms with Crippen LogP contribution in [0.25, 0.3) is 0 Å². The van der Waals surface area contributed by atoms with E-state index in [0.717, 1.165) is 0 Å². The molecule has 8 heteroatoms. The Balaban J connectivity index is 1.89. The van der Waals surface area contributed by atoms with Crippen LogP contribution >= 0.6 is 11.6 Å². The first kappa shape index (κ1) is 20.3. The molecule has 0 saturated heterocycles. The second-order valence-corrected chi connectivity index (χ2v) is 6.32. The Morgan fingerprint density at radius 2 is 1.74 bits per heavy atom. The van der Waals surface area contributed by atoms with Crippen LogP contribution in [0, 0.1) is 0 Å². The molecule has 0 radical (unpaired) electrons. The number of benzene rings is 2. The molecule has 2 rings (SSSR count). The van der Waals surface area contributed by atoms with Crippen LogP contribution in [0.5, 0.6) is 0 Å². The van der Waals surface area contributed by atoms with E-state index in [9.17, 15) is 14.4 Å². The molecule has 2 aromatic carbocycles. The molecule has 0 spiro atoms. The van der Waals surface area contributed by atoms with Crippen LogP contribution in [0.4, 0.5) is 11.4 Å². The highest BCUT2D eigenvalue weighted by molar-refractivity contribution is 6.31. The minimum absolute atomic E-state index is 0.0864. The topological polar surface area (TPSA) is 108 Å². The van der Waals surface area contributed by atoms with E-state index >= 15 is 0 Å². The molecule has 0 aliphatic carbocycles. The summed E-state index contributed by atoms with van der Waals surface area (Å²) >= 11 is 5.82. The average molecular weight is 391 g/mol. The lowest BCUT2D eigenvalue weighted by atomic mass is 10.2. The molecule has 142 valence electrons. The van der Waals surface area contributed by atoms with Gasteiger partial charge in [0.15, 0.2) is 6.61 Å². The van der Waals surface area contributed by atoms with E-state index in [4.69, 9.17) is 26.8 Å². The van der Waals surface area contributed by atoms with Gasteiger partial charge in [0.25, 0.3) is 5.91 Å². The van der Waals surface area contributed by atoms with E-state index in [0.29, 0.717) is 16.3 Å². The van der Waals surface area contributed by atoms with Gasteiger partial charge in [-0.3, -0.25) is 4.79 Å². The van der Waals surface area contributed by atoms with Crippen LogP contribution < -0.4 is 11.1 Å². The highest BCUT2D eigenvalue weighted by atomic mass is 35.5. The van der Waals surface area contributed by atoms with E-state index in [1.54, 1.807) is 32.0 Å². The number of nitrogens with one attached hydrogen (secondary N) is 1. The number of rotatable bonds is 6.